The Morgan fingerprint density at radius 3 is 3.11 bits per heavy atom. The van der Waals surface area contributed by atoms with E-state index in [0.717, 1.165) is 24.9 Å². The van der Waals surface area contributed by atoms with Gasteiger partial charge in [-0.1, -0.05) is 24.6 Å². The predicted octanol–water partition coefficient (Wildman–Crippen LogP) is 2.92. The van der Waals surface area contributed by atoms with Crippen LogP contribution in [0.25, 0.3) is 0 Å². The van der Waals surface area contributed by atoms with Crippen molar-refractivity contribution in [3.63, 3.8) is 0 Å². The summed E-state index contributed by atoms with van der Waals surface area (Å²) in [4.78, 5) is 2.65. The van der Waals surface area contributed by atoms with Crippen molar-refractivity contribution in [3.8, 4) is 0 Å². The molecular weight excluding hydrogens is 244 g/mol. The summed E-state index contributed by atoms with van der Waals surface area (Å²) < 4.78 is 0. The highest BCUT2D eigenvalue weighted by molar-refractivity contribution is 5.85. The summed E-state index contributed by atoms with van der Waals surface area (Å²) in [5.74, 6) is 1.79. The fourth-order valence-corrected chi connectivity index (χ4v) is 4.12. The van der Waals surface area contributed by atoms with Crippen molar-refractivity contribution >= 4 is 18.1 Å². The molecule has 2 aliphatic heterocycles. The van der Waals surface area contributed by atoms with Gasteiger partial charge in [-0.05, 0) is 35.8 Å². The summed E-state index contributed by atoms with van der Waals surface area (Å²) in [5.41, 5.74) is 4.76. The van der Waals surface area contributed by atoms with Gasteiger partial charge in [0, 0.05) is 31.9 Å². The minimum atomic E-state index is 0. The number of para-hydroxylation sites is 1. The van der Waals surface area contributed by atoms with Crippen molar-refractivity contribution in [2.45, 2.75) is 31.7 Å². The molecule has 1 aliphatic carbocycles. The number of nitrogens with one attached hydrogen (secondary N) is 1. The second kappa shape index (κ2) is 4.75. The number of halogens is 1. The summed E-state index contributed by atoms with van der Waals surface area (Å²) in [6.07, 6.45) is 4.30. The zero-order valence-electron chi connectivity index (χ0n) is 10.7. The Morgan fingerprint density at radius 1 is 1.22 bits per heavy atom. The van der Waals surface area contributed by atoms with Gasteiger partial charge in [0.25, 0.3) is 0 Å². The molecule has 3 aliphatic rings. The van der Waals surface area contributed by atoms with Crippen molar-refractivity contribution in [2.24, 2.45) is 5.92 Å². The normalized spacial score (nSPS) is 29.0. The molecule has 4 rings (SSSR count). The molecule has 1 aromatic carbocycles. The quantitative estimate of drug-likeness (QED) is 0.775. The molecule has 1 saturated carbocycles. The molecular formula is C15H21ClN2. The summed E-state index contributed by atoms with van der Waals surface area (Å²) in [6, 6.07) is 6.96. The average molecular weight is 265 g/mol. The van der Waals surface area contributed by atoms with E-state index >= 15 is 0 Å². The minimum Gasteiger partial charge on any atom is -0.369 e. The molecule has 2 nitrogen and oxygen atoms in total. The molecule has 0 spiro atoms. The smallest absolute Gasteiger partial charge is 0.0447 e. The Balaban J connectivity index is 0.000001000. The van der Waals surface area contributed by atoms with E-state index in [0.29, 0.717) is 0 Å². The first kappa shape index (κ1) is 12.3. The maximum atomic E-state index is 3.55. The maximum Gasteiger partial charge on any atom is 0.0447 e. The number of nitrogens with zero attached hydrogens (tertiary/aromatic N) is 1. The Kier molecular flexibility index (Phi) is 3.25. The van der Waals surface area contributed by atoms with Crippen LogP contribution in [0.3, 0.4) is 0 Å². The molecule has 98 valence electrons. The van der Waals surface area contributed by atoms with Gasteiger partial charge in [0.2, 0.25) is 0 Å². The highest BCUT2D eigenvalue weighted by Gasteiger charge is 2.37. The monoisotopic (exact) mass is 264 g/mol. The van der Waals surface area contributed by atoms with Gasteiger partial charge in [-0.3, -0.25) is 0 Å². The fourth-order valence-electron chi connectivity index (χ4n) is 4.12. The molecule has 2 heterocycles. The molecule has 18 heavy (non-hydrogen) atoms. The lowest BCUT2D eigenvalue weighted by Gasteiger charge is -2.38. The first-order valence-corrected chi connectivity index (χ1v) is 7.01. The third-order valence-electron chi connectivity index (χ3n) is 4.85. The topological polar surface area (TPSA) is 15.3 Å². The lowest BCUT2D eigenvalue weighted by Crippen LogP contribution is -2.38. The standard InChI is InChI=1S/C15H20N2.ClH/c1-3-11-9-16-7-8-17-10-12-4-2-5-13(12)14(6-1)15(11)17;/h1,3,6,12-13,16H,2,4-5,7-10H2;1H/t12-,13-;/m1./s1. The second-order valence-electron chi connectivity index (χ2n) is 5.78. The summed E-state index contributed by atoms with van der Waals surface area (Å²) >= 11 is 0. The van der Waals surface area contributed by atoms with Gasteiger partial charge in [-0.25, -0.2) is 0 Å². The Morgan fingerprint density at radius 2 is 2.17 bits per heavy atom. The first-order valence-electron chi connectivity index (χ1n) is 7.01. The first-order chi connectivity index (χ1) is 8.43. The highest BCUT2D eigenvalue weighted by Crippen LogP contribution is 2.48. The maximum absolute atomic E-state index is 3.55. The molecule has 0 amide bonds. The second-order valence-corrected chi connectivity index (χ2v) is 5.78. The van der Waals surface area contributed by atoms with Crippen molar-refractivity contribution in [2.75, 3.05) is 24.5 Å². The van der Waals surface area contributed by atoms with Gasteiger partial charge in [-0.15, -0.1) is 12.4 Å². The van der Waals surface area contributed by atoms with Gasteiger partial charge < -0.3 is 10.2 Å². The van der Waals surface area contributed by atoms with Crippen molar-refractivity contribution in [1.29, 1.82) is 0 Å². The molecule has 3 heteroatoms. The van der Waals surface area contributed by atoms with Gasteiger partial charge in [0.05, 0.1) is 0 Å². The third kappa shape index (κ3) is 1.74. The number of fused-ring (bicyclic) bond motifs is 2. The molecule has 0 radical (unpaired) electrons. The zero-order chi connectivity index (χ0) is 11.2. The van der Waals surface area contributed by atoms with Crippen LogP contribution in [0.15, 0.2) is 18.2 Å². The van der Waals surface area contributed by atoms with Crippen LogP contribution in [-0.2, 0) is 6.54 Å². The number of hydrogen-bond acceptors (Lipinski definition) is 2. The summed E-state index contributed by atoms with van der Waals surface area (Å²) in [6.45, 7) is 4.67. The van der Waals surface area contributed by atoms with E-state index in [2.05, 4.69) is 28.4 Å². The van der Waals surface area contributed by atoms with E-state index in [1.165, 1.54) is 37.9 Å². The van der Waals surface area contributed by atoms with Crippen molar-refractivity contribution in [3.05, 3.63) is 29.3 Å². The van der Waals surface area contributed by atoms with Crippen LogP contribution in [0, 0.1) is 5.92 Å². The molecule has 0 saturated heterocycles. The van der Waals surface area contributed by atoms with Gasteiger partial charge in [0.15, 0.2) is 0 Å². The van der Waals surface area contributed by atoms with Crippen LogP contribution in [0.1, 0.15) is 36.3 Å². The van der Waals surface area contributed by atoms with Crippen LogP contribution in [0.2, 0.25) is 0 Å². The Labute approximate surface area is 115 Å². The number of anilines is 1. The largest absolute Gasteiger partial charge is 0.369 e. The molecule has 0 bridgehead atoms. The SMILES string of the molecule is Cl.c1cc2c3c(c1)[C@@H]1CCC[C@@H]1CN3CCNC2. The van der Waals surface area contributed by atoms with Gasteiger partial charge in [0.1, 0.15) is 0 Å². The highest BCUT2D eigenvalue weighted by atomic mass is 35.5. The number of rotatable bonds is 0. The van der Waals surface area contributed by atoms with E-state index in [4.69, 9.17) is 0 Å². The van der Waals surface area contributed by atoms with E-state index in [9.17, 15) is 0 Å². The lowest BCUT2D eigenvalue weighted by molar-refractivity contribution is 0.454. The van der Waals surface area contributed by atoms with Crippen molar-refractivity contribution < 1.29 is 0 Å². The molecule has 0 aromatic heterocycles. The minimum absolute atomic E-state index is 0. The van der Waals surface area contributed by atoms with Gasteiger partial charge in [-0.2, -0.15) is 0 Å². The third-order valence-corrected chi connectivity index (χ3v) is 4.85. The van der Waals surface area contributed by atoms with Crippen LogP contribution in [-0.4, -0.2) is 19.6 Å². The summed E-state index contributed by atoms with van der Waals surface area (Å²) in [7, 11) is 0. The Hall–Kier alpha value is -0.730. The molecule has 0 unspecified atom stereocenters. The molecule has 2 atom stereocenters. The summed E-state index contributed by atoms with van der Waals surface area (Å²) in [5, 5.41) is 3.55. The number of benzene rings is 1. The predicted molar refractivity (Wildman–Crippen MR) is 77.7 cm³/mol. The number of hydrogen-bond donors (Lipinski definition) is 1. The van der Waals surface area contributed by atoms with Crippen LogP contribution >= 0.6 is 12.4 Å². The van der Waals surface area contributed by atoms with Crippen LogP contribution in [0.5, 0.6) is 0 Å². The van der Waals surface area contributed by atoms with Gasteiger partial charge >= 0.3 is 0 Å². The van der Waals surface area contributed by atoms with E-state index < -0.39 is 0 Å². The molecule has 1 N–H and O–H groups in total. The fraction of sp³-hybridized carbons (Fsp3) is 0.600. The van der Waals surface area contributed by atoms with E-state index in [-0.39, 0.29) is 12.4 Å². The Bertz CT molecular complexity index is 446. The molecule has 1 fully saturated rings. The average Bonchev–Trinajstić information content (AvgIpc) is 2.73. The zero-order valence-corrected chi connectivity index (χ0v) is 11.5. The molecule has 1 aromatic rings. The van der Waals surface area contributed by atoms with Crippen LogP contribution in [0.4, 0.5) is 5.69 Å². The van der Waals surface area contributed by atoms with E-state index in [1.807, 2.05) is 0 Å². The lowest BCUT2D eigenvalue weighted by atomic mass is 9.82. The van der Waals surface area contributed by atoms with E-state index in [1.54, 1.807) is 11.3 Å². The van der Waals surface area contributed by atoms with Crippen LogP contribution < -0.4 is 10.2 Å². The van der Waals surface area contributed by atoms with Crippen molar-refractivity contribution in [1.82, 2.24) is 5.32 Å².